The van der Waals surface area contributed by atoms with Gasteiger partial charge >= 0.3 is 6.03 Å². The zero-order chi connectivity index (χ0) is 27.2. The van der Waals surface area contributed by atoms with Crippen LogP contribution in [0, 0.1) is 18.6 Å². The molecule has 2 aromatic carbocycles. The fourth-order valence-electron chi connectivity index (χ4n) is 4.54. The molecular formula is C27H33F2N5O4. The zero-order valence-electron chi connectivity index (χ0n) is 21.7. The molecule has 4 rings (SSSR count). The number of methoxy groups -OCH3 is 1. The van der Waals surface area contributed by atoms with Gasteiger partial charge in [0.2, 0.25) is 5.88 Å². The van der Waals surface area contributed by atoms with Gasteiger partial charge in [0, 0.05) is 32.7 Å². The average molecular weight is 530 g/mol. The van der Waals surface area contributed by atoms with E-state index < -0.39 is 23.8 Å². The number of para-hydroxylation sites is 1. The molecule has 1 saturated heterocycles. The number of likely N-dealkylation sites (tertiary alicyclic amines) is 1. The van der Waals surface area contributed by atoms with E-state index in [4.69, 9.17) is 9.47 Å². The highest BCUT2D eigenvalue weighted by atomic mass is 19.2. The smallest absolute Gasteiger partial charge is 0.320 e. The largest absolute Gasteiger partial charge is 0.474 e. The third-order valence-corrected chi connectivity index (χ3v) is 6.47. The van der Waals surface area contributed by atoms with Gasteiger partial charge in [0.05, 0.1) is 30.0 Å². The first-order chi connectivity index (χ1) is 18.3. The third-order valence-electron chi connectivity index (χ3n) is 6.47. The summed E-state index contributed by atoms with van der Waals surface area (Å²) < 4.78 is 40.0. The first-order valence-corrected chi connectivity index (χ1v) is 12.5. The second kappa shape index (κ2) is 12.3. The number of aliphatic hydroxyl groups is 1. The number of nitrogens with one attached hydrogen (secondary N) is 2. The molecule has 9 nitrogen and oxygen atoms in total. The van der Waals surface area contributed by atoms with E-state index in [1.165, 1.54) is 6.07 Å². The van der Waals surface area contributed by atoms with Gasteiger partial charge in [-0.2, -0.15) is 0 Å². The minimum atomic E-state index is -0.923. The molecule has 0 radical (unpaired) electrons. The van der Waals surface area contributed by atoms with Gasteiger partial charge in [-0.25, -0.2) is 18.3 Å². The summed E-state index contributed by atoms with van der Waals surface area (Å²) >= 11 is 0. The minimum Gasteiger partial charge on any atom is -0.474 e. The molecule has 0 saturated carbocycles. The Morgan fingerprint density at radius 2 is 1.95 bits per heavy atom. The normalized spacial score (nSPS) is 18.4. The van der Waals surface area contributed by atoms with Crippen LogP contribution in [-0.4, -0.2) is 77.9 Å². The number of carbonyl (C=O) groups excluding carboxylic acids is 1. The van der Waals surface area contributed by atoms with Crippen molar-refractivity contribution >= 4 is 11.8 Å². The van der Waals surface area contributed by atoms with E-state index >= 15 is 0 Å². The van der Waals surface area contributed by atoms with Crippen molar-refractivity contribution in [2.75, 3.05) is 45.3 Å². The molecule has 1 unspecified atom stereocenters. The van der Waals surface area contributed by atoms with Crippen molar-refractivity contribution in [3.63, 3.8) is 0 Å². The molecule has 1 aliphatic rings. The first kappa shape index (κ1) is 27.5. The summed E-state index contributed by atoms with van der Waals surface area (Å²) in [6.45, 7) is 5.64. The second-order valence-corrected chi connectivity index (χ2v) is 9.42. The van der Waals surface area contributed by atoms with Crippen molar-refractivity contribution in [3.05, 3.63) is 71.3 Å². The summed E-state index contributed by atoms with van der Waals surface area (Å²) in [7, 11) is 1.61. The predicted octanol–water partition coefficient (Wildman–Crippen LogP) is 3.45. The number of anilines is 1. The maximum Gasteiger partial charge on any atom is 0.320 e. The lowest BCUT2D eigenvalue weighted by Gasteiger charge is -2.21. The summed E-state index contributed by atoms with van der Waals surface area (Å²) in [5, 5.41) is 20.0. The Balaban J connectivity index is 1.56. The van der Waals surface area contributed by atoms with Crippen LogP contribution >= 0.6 is 0 Å². The fourth-order valence-corrected chi connectivity index (χ4v) is 4.54. The van der Waals surface area contributed by atoms with Crippen LogP contribution in [0.1, 0.15) is 24.0 Å². The molecule has 2 heterocycles. The summed E-state index contributed by atoms with van der Waals surface area (Å²) in [6, 6.07) is 12.3. The number of nitrogens with zero attached hydrogens (tertiary/aromatic N) is 3. The number of carbonyl (C=O) groups is 1. The van der Waals surface area contributed by atoms with E-state index in [0.717, 1.165) is 6.07 Å². The highest BCUT2D eigenvalue weighted by molar-refractivity contribution is 5.90. The van der Waals surface area contributed by atoms with Crippen molar-refractivity contribution < 1.29 is 28.2 Å². The Labute approximate surface area is 220 Å². The molecule has 3 atom stereocenters. The van der Waals surface area contributed by atoms with E-state index in [2.05, 4.69) is 20.6 Å². The Kier molecular flexibility index (Phi) is 8.93. The van der Waals surface area contributed by atoms with Crippen molar-refractivity contribution in [1.29, 1.82) is 0 Å². The van der Waals surface area contributed by atoms with Gasteiger partial charge in [-0.05, 0) is 43.7 Å². The minimum absolute atomic E-state index is 0.0492. The van der Waals surface area contributed by atoms with E-state index in [1.54, 1.807) is 31.7 Å². The first-order valence-electron chi connectivity index (χ1n) is 12.5. The van der Waals surface area contributed by atoms with Crippen LogP contribution in [-0.2, 0) is 4.74 Å². The quantitative estimate of drug-likeness (QED) is 0.372. The van der Waals surface area contributed by atoms with Gasteiger partial charge in [0.25, 0.3) is 0 Å². The van der Waals surface area contributed by atoms with Crippen LogP contribution in [0.4, 0.5) is 19.4 Å². The average Bonchev–Trinajstić information content (AvgIpc) is 3.44. The second-order valence-electron chi connectivity index (χ2n) is 9.42. The highest BCUT2D eigenvalue weighted by Crippen LogP contribution is 2.31. The third kappa shape index (κ3) is 6.47. The lowest BCUT2D eigenvalue weighted by Crippen LogP contribution is -2.42. The standard InChI is InChI=1S/C27H33F2N5O4/c1-17(35)16-38-26-18(2)25(34(32-26)20-7-5-4-6-8-20)31-27(36)30-24-15-33(11-12-37-3)14-21(24)19-9-10-22(28)23(29)13-19/h4-10,13,17,21,24,35H,11-12,14-16H2,1-3H3,(H2,30,31,36)/t17?,21-,24+/m0/s1. The topological polar surface area (TPSA) is 101 Å². The summed E-state index contributed by atoms with van der Waals surface area (Å²) in [4.78, 5) is 15.4. The van der Waals surface area contributed by atoms with Crippen molar-refractivity contribution in [3.8, 4) is 11.6 Å². The Hall–Kier alpha value is -3.54. The maximum absolute atomic E-state index is 14.0. The predicted molar refractivity (Wildman–Crippen MR) is 139 cm³/mol. The van der Waals surface area contributed by atoms with E-state index in [-0.39, 0.29) is 24.4 Å². The molecule has 0 bridgehead atoms. The number of urea groups is 1. The Morgan fingerprint density at radius 1 is 1.18 bits per heavy atom. The molecule has 204 valence electrons. The zero-order valence-corrected chi connectivity index (χ0v) is 21.7. The van der Waals surface area contributed by atoms with Gasteiger partial charge in [-0.3, -0.25) is 10.2 Å². The molecule has 2 amide bonds. The van der Waals surface area contributed by atoms with Crippen LogP contribution in [0.3, 0.4) is 0 Å². The SMILES string of the molecule is COCCN1C[C@@H](NC(=O)Nc2c(C)c(OCC(C)O)nn2-c2ccccc2)[C@H](c2ccc(F)c(F)c2)C1. The number of benzene rings is 2. The molecule has 3 N–H and O–H groups in total. The van der Waals surface area contributed by atoms with Gasteiger partial charge in [0.1, 0.15) is 12.4 Å². The van der Waals surface area contributed by atoms with Gasteiger partial charge in [-0.1, -0.05) is 24.3 Å². The number of hydrogen-bond donors (Lipinski definition) is 3. The van der Waals surface area contributed by atoms with E-state index in [1.807, 2.05) is 30.3 Å². The monoisotopic (exact) mass is 529 g/mol. The van der Waals surface area contributed by atoms with Gasteiger partial charge in [-0.15, -0.1) is 5.10 Å². The van der Waals surface area contributed by atoms with E-state index in [9.17, 15) is 18.7 Å². The fraction of sp³-hybridized carbons (Fsp3) is 0.407. The molecule has 1 fully saturated rings. The number of halogens is 2. The molecule has 3 aromatic rings. The lowest BCUT2D eigenvalue weighted by atomic mass is 9.94. The van der Waals surface area contributed by atoms with Crippen LogP contribution in [0.25, 0.3) is 5.69 Å². The van der Waals surface area contributed by atoms with Crippen LogP contribution < -0.4 is 15.4 Å². The Bertz CT molecular complexity index is 1240. The van der Waals surface area contributed by atoms with Crippen LogP contribution in [0.5, 0.6) is 5.88 Å². The van der Waals surface area contributed by atoms with E-state index in [0.29, 0.717) is 48.9 Å². The summed E-state index contributed by atoms with van der Waals surface area (Å²) in [5.74, 6) is -1.39. The van der Waals surface area contributed by atoms with Crippen molar-refractivity contribution in [1.82, 2.24) is 20.0 Å². The number of ether oxygens (including phenoxy) is 2. The van der Waals surface area contributed by atoms with Crippen molar-refractivity contribution in [2.45, 2.75) is 31.9 Å². The Morgan fingerprint density at radius 3 is 2.63 bits per heavy atom. The van der Waals surface area contributed by atoms with Crippen molar-refractivity contribution in [2.24, 2.45) is 0 Å². The number of rotatable bonds is 10. The van der Waals surface area contributed by atoms with Gasteiger partial charge in [0.15, 0.2) is 11.6 Å². The van der Waals surface area contributed by atoms with Gasteiger partial charge < -0.3 is 19.9 Å². The summed E-state index contributed by atoms with van der Waals surface area (Å²) in [5.41, 5.74) is 1.91. The van der Waals surface area contributed by atoms with Crippen LogP contribution in [0.2, 0.25) is 0 Å². The number of aromatic nitrogens is 2. The maximum atomic E-state index is 14.0. The molecule has 0 aliphatic carbocycles. The molecular weight excluding hydrogens is 496 g/mol. The highest BCUT2D eigenvalue weighted by Gasteiger charge is 2.35. The molecule has 38 heavy (non-hydrogen) atoms. The number of aliphatic hydroxyl groups excluding tert-OH is 1. The molecule has 1 aliphatic heterocycles. The number of amides is 2. The molecule has 11 heteroatoms. The molecule has 1 aromatic heterocycles. The number of hydrogen-bond acceptors (Lipinski definition) is 6. The van der Waals surface area contributed by atoms with Crippen LogP contribution in [0.15, 0.2) is 48.5 Å². The molecule has 0 spiro atoms. The summed E-state index contributed by atoms with van der Waals surface area (Å²) in [6.07, 6.45) is -0.687. The lowest BCUT2D eigenvalue weighted by molar-refractivity contribution is 0.119.